The van der Waals surface area contributed by atoms with Crippen molar-refractivity contribution in [1.29, 1.82) is 0 Å². The quantitative estimate of drug-likeness (QED) is 0.315. The SMILES string of the molecule is O=C(CC(Nc1ccc([N+](=O)[O-])cc1)c1cccc([N+](=O)[O-])c1)c1ccc(F)cc1. The molecule has 3 rings (SSSR count). The fourth-order valence-electron chi connectivity index (χ4n) is 2.93. The van der Waals surface area contributed by atoms with E-state index in [0.717, 1.165) is 0 Å². The highest BCUT2D eigenvalue weighted by Gasteiger charge is 2.20. The summed E-state index contributed by atoms with van der Waals surface area (Å²) in [6.07, 6.45) is -0.0657. The summed E-state index contributed by atoms with van der Waals surface area (Å²) in [6.45, 7) is 0. The second kappa shape index (κ2) is 8.91. The maximum atomic E-state index is 13.1. The van der Waals surface area contributed by atoms with Gasteiger partial charge in [-0.05, 0) is 42.0 Å². The van der Waals surface area contributed by atoms with E-state index < -0.39 is 21.7 Å². The zero-order valence-corrected chi connectivity index (χ0v) is 15.5. The topological polar surface area (TPSA) is 115 Å². The third-order valence-electron chi connectivity index (χ3n) is 4.46. The number of benzene rings is 3. The highest BCUT2D eigenvalue weighted by molar-refractivity contribution is 5.96. The molecule has 3 aromatic rings. The zero-order valence-electron chi connectivity index (χ0n) is 15.5. The van der Waals surface area contributed by atoms with Crippen LogP contribution in [0.2, 0.25) is 0 Å². The molecule has 0 aliphatic carbocycles. The molecule has 152 valence electrons. The third kappa shape index (κ3) is 5.02. The number of carbonyl (C=O) groups is 1. The minimum Gasteiger partial charge on any atom is -0.378 e. The van der Waals surface area contributed by atoms with E-state index in [1.54, 1.807) is 6.07 Å². The van der Waals surface area contributed by atoms with Gasteiger partial charge in [0, 0.05) is 41.9 Å². The van der Waals surface area contributed by atoms with E-state index in [1.165, 1.54) is 66.7 Å². The lowest BCUT2D eigenvalue weighted by Gasteiger charge is -2.20. The first-order valence-electron chi connectivity index (χ1n) is 8.87. The van der Waals surface area contributed by atoms with Crippen molar-refractivity contribution in [2.45, 2.75) is 12.5 Å². The van der Waals surface area contributed by atoms with Gasteiger partial charge in [0.2, 0.25) is 0 Å². The summed E-state index contributed by atoms with van der Waals surface area (Å²) in [6, 6.07) is 15.9. The molecular weight excluding hydrogens is 393 g/mol. The summed E-state index contributed by atoms with van der Waals surface area (Å²) in [5, 5.41) is 25.1. The highest BCUT2D eigenvalue weighted by Crippen LogP contribution is 2.28. The summed E-state index contributed by atoms with van der Waals surface area (Å²) in [7, 11) is 0. The molecule has 0 saturated carbocycles. The average Bonchev–Trinajstić information content (AvgIpc) is 2.74. The van der Waals surface area contributed by atoms with Crippen LogP contribution in [0.3, 0.4) is 0 Å². The number of hydrogen-bond acceptors (Lipinski definition) is 6. The molecule has 0 aliphatic heterocycles. The number of non-ortho nitro benzene ring substituents is 2. The van der Waals surface area contributed by atoms with Crippen molar-refractivity contribution in [3.05, 3.63) is 110 Å². The number of anilines is 1. The minimum absolute atomic E-state index is 0.0657. The first kappa shape index (κ1) is 20.6. The van der Waals surface area contributed by atoms with Gasteiger partial charge in [-0.15, -0.1) is 0 Å². The molecule has 9 heteroatoms. The summed E-state index contributed by atoms with van der Waals surface area (Å²) in [4.78, 5) is 33.6. The maximum Gasteiger partial charge on any atom is 0.269 e. The largest absolute Gasteiger partial charge is 0.378 e. The van der Waals surface area contributed by atoms with E-state index in [4.69, 9.17) is 0 Å². The first-order valence-corrected chi connectivity index (χ1v) is 8.87. The van der Waals surface area contributed by atoms with Gasteiger partial charge in [-0.25, -0.2) is 4.39 Å². The molecule has 0 radical (unpaired) electrons. The summed E-state index contributed by atoms with van der Waals surface area (Å²) < 4.78 is 13.1. The number of halogens is 1. The van der Waals surface area contributed by atoms with Gasteiger partial charge < -0.3 is 5.32 Å². The number of nitro groups is 2. The van der Waals surface area contributed by atoms with Crippen LogP contribution in [0, 0.1) is 26.0 Å². The summed E-state index contributed by atoms with van der Waals surface area (Å²) in [5.74, 6) is -0.758. The highest BCUT2D eigenvalue weighted by atomic mass is 19.1. The van der Waals surface area contributed by atoms with Crippen molar-refractivity contribution in [3.63, 3.8) is 0 Å². The van der Waals surface area contributed by atoms with Gasteiger partial charge in [0.05, 0.1) is 15.9 Å². The first-order chi connectivity index (χ1) is 14.3. The monoisotopic (exact) mass is 409 g/mol. The minimum atomic E-state index is -0.649. The Morgan fingerprint density at radius 2 is 1.53 bits per heavy atom. The average molecular weight is 409 g/mol. The third-order valence-corrected chi connectivity index (χ3v) is 4.46. The molecule has 0 spiro atoms. The Morgan fingerprint density at radius 3 is 2.13 bits per heavy atom. The van der Waals surface area contributed by atoms with Gasteiger partial charge in [0.15, 0.2) is 5.78 Å². The Bertz CT molecular complexity index is 1080. The predicted octanol–water partition coefficient (Wildman–Crippen LogP) is 5.07. The molecule has 0 saturated heterocycles. The van der Waals surface area contributed by atoms with Crippen LogP contribution < -0.4 is 5.32 Å². The number of ketones is 1. The molecule has 3 aromatic carbocycles. The lowest BCUT2D eigenvalue weighted by Crippen LogP contribution is -2.16. The fraction of sp³-hybridized carbons (Fsp3) is 0.0952. The standard InChI is InChI=1S/C21H16FN3O5/c22-16-6-4-14(5-7-16)21(26)13-20(15-2-1-3-19(12-15)25(29)30)23-17-8-10-18(11-9-17)24(27)28/h1-12,20,23H,13H2. The Labute approximate surface area is 170 Å². The van der Waals surface area contributed by atoms with Crippen LogP contribution >= 0.6 is 0 Å². The Kier molecular flexibility index (Phi) is 6.11. The maximum absolute atomic E-state index is 13.1. The van der Waals surface area contributed by atoms with Crippen molar-refractivity contribution < 1.29 is 19.0 Å². The van der Waals surface area contributed by atoms with Crippen LogP contribution in [0.1, 0.15) is 28.4 Å². The van der Waals surface area contributed by atoms with Crippen molar-refractivity contribution in [1.82, 2.24) is 0 Å². The number of hydrogen-bond donors (Lipinski definition) is 1. The van der Waals surface area contributed by atoms with E-state index >= 15 is 0 Å². The Hall–Kier alpha value is -4.14. The zero-order chi connectivity index (χ0) is 21.7. The fourth-order valence-corrected chi connectivity index (χ4v) is 2.93. The molecule has 0 aliphatic rings. The van der Waals surface area contributed by atoms with Gasteiger partial charge >= 0.3 is 0 Å². The normalized spacial score (nSPS) is 11.5. The molecule has 0 aromatic heterocycles. The summed E-state index contributed by atoms with van der Waals surface area (Å²) >= 11 is 0. The van der Waals surface area contributed by atoms with E-state index in [-0.39, 0.29) is 23.6 Å². The van der Waals surface area contributed by atoms with Crippen LogP contribution in [0.25, 0.3) is 0 Å². The van der Waals surface area contributed by atoms with E-state index in [0.29, 0.717) is 16.8 Å². The number of carbonyl (C=O) groups excluding carboxylic acids is 1. The number of nitro benzene ring substituents is 2. The van der Waals surface area contributed by atoms with Crippen LogP contribution in [0.15, 0.2) is 72.8 Å². The number of rotatable bonds is 8. The van der Waals surface area contributed by atoms with Crippen LogP contribution in [0.4, 0.5) is 21.5 Å². The molecule has 1 atom stereocenters. The van der Waals surface area contributed by atoms with Crippen molar-refractivity contribution in [2.24, 2.45) is 0 Å². The van der Waals surface area contributed by atoms with Crippen LogP contribution in [-0.2, 0) is 0 Å². The molecular formula is C21H16FN3O5. The van der Waals surface area contributed by atoms with E-state index in [1.807, 2.05) is 0 Å². The number of nitrogens with one attached hydrogen (secondary N) is 1. The number of Topliss-reactive ketones (excluding diaryl/α,β-unsaturated/α-hetero) is 1. The molecule has 1 unspecified atom stereocenters. The van der Waals surface area contributed by atoms with Gasteiger partial charge in [-0.3, -0.25) is 25.0 Å². The molecule has 0 heterocycles. The van der Waals surface area contributed by atoms with Crippen molar-refractivity contribution in [2.75, 3.05) is 5.32 Å². The van der Waals surface area contributed by atoms with E-state index in [9.17, 15) is 29.4 Å². The van der Waals surface area contributed by atoms with Crippen LogP contribution in [0.5, 0.6) is 0 Å². The molecule has 8 nitrogen and oxygen atoms in total. The smallest absolute Gasteiger partial charge is 0.269 e. The van der Waals surface area contributed by atoms with Gasteiger partial charge in [-0.2, -0.15) is 0 Å². The second-order valence-corrected chi connectivity index (χ2v) is 6.49. The molecule has 30 heavy (non-hydrogen) atoms. The van der Waals surface area contributed by atoms with Crippen LogP contribution in [-0.4, -0.2) is 15.6 Å². The Balaban J connectivity index is 1.90. The molecule has 0 fully saturated rings. The predicted molar refractivity (Wildman–Crippen MR) is 108 cm³/mol. The van der Waals surface area contributed by atoms with Gasteiger partial charge in [0.1, 0.15) is 5.82 Å². The van der Waals surface area contributed by atoms with Gasteiger partial charge in [0.25, 0.3) is 11.4 Å². The lowest BCUT2D eigenvalue weighted by molar-refractivity contribution is -0.385. The lowest BCUT2D eigenvalue weighted by atomic mass is 9.97. The van der Waals surface area contributed by atoms with Crippen molar-refractivity contribution in [3.8, 4) is 0 Å². The molecule has 0 bridgehead atoms. The molecule has 1 N–H and O–H groups in total. The van der Waals surface area contributed by atoms with Gasteiger partial charge in [-0.1, -0.05) is 12.1 Å². The van der Waals surface area contributed by atoms with E-state index in [2.05, 4.69) is 5.32 Å². The molecule has 0 amide bonds. The number of nitrogens with zero attached hydrogens (tertiary/aromatic N) is 2. The Morgan fingerprint density at radius 1 is 0.900 bits per heavy atom. The second-order valence-electron chi connectivity index (χ2n) is 6.49. The van der Waals surface area contributed by atoms with Crippen molar-refractivity contribution >= 4 is 22.8 Å². The summed E-state index contributed by atoms with van der Waals surface area (Å²) in [5.41, 5.74) is 1.09.